The molecule has 0 saturated heterocycles. The average molecular weight is 402 g/mol. The van der Waals surface area contributed by atoms with E-state index in [9.17, 15) is 22.8 Å². The molecule has 0 aliphatic heterocycles. The predicted octanol–water partition coefficient (Wildman–Crippen LogP) is 5.58. The van der Waals surface area contributed by atoms with Crippen molar-refractivity contribution in [2.45, 2.75) is 12.8 Å². The van der Waals surface area contributed by atoms with Crippen molar-refractivity contribution in [3.63, 3.8) is 0 Å². The van der Waals surface area contributed by atoms with Gasteiger partial charge in [-0.3, -0.25) is 9.59 Å². The van der Waals surface area contributed by atoms with Gasteiger partial charge in [-0.05, 0) is 47.9 Å². The van der Waals surface area contributed by atoms with Gasteiger partial charge < -0.3 is 9.84 Å². The highest BCUT2D eigenvalue weighted by atomic mass is 19.3. The monoisotopic (exact) mass is 402 g/mol. The van der Waals surface area contributed by atoms with E-state index in [1.807, 2.05) is 0 Å². The summed E-state index contributed by atoms with van der Waals surface area (Å²) in [5.41, 5.74) is 2.00. The van der Waals surface area contributed by atoms with Gasteiger partial charge in [-0.25, -0.2) is 0 Å². The van der Waals surface area contributed by atoms with Crippen LogP contribution in [0.1, 0.15) is 29.5 Å². The van der Waals surface area contributed by atoms with Gasteiger partial charge in [-0.1, -0.05) is 48.6 Å². The SMILES string of the molecule is CC(C(=O)O)c1ccc(/C=C/C(=O)/C=C/c2ccc(OC(F)=C(F)F)cc2)cc1. The first-order chi connectivity index (χ1) is 13.8. The third-order valence-corrected chi connectivity index (χ3v) is 3.92. The van der Waals surface area contributed by atoms with Crippen LogP contribution in [0.2, 0.25) is 0 Å². The van der Waals surface area contributed by atoms with E-state index in [4.69, 9.17) is 5.11 Å². The maximum atomic E-state index is 12.7. The normalized spacial score (nSPS) is 12.1. The van der Waals surface area contributed by atoms with Crippen LogP contribution in [-0.4, -0.2) is 16.9 Å². The summed E-state index contributed by atoms with van der Waals surface area (Å²) >= 11 is 0. The molecule has 1 N–H and O–H groups in total. The number of ether oxygens (including phenoxy) is 1. The van der Waals surface area contributed by atoms with Crippen LogP contribution in [0.4, 0.5) is 13.2 Å². The largest absolute Gasteiger partial charge is 0.481 e. The van der Waals surface area contributed by atoms with Crippen LogP contribution in [0, 0.1) is 0 Å². The predicted molar refractivity (Wildman–Crippen MR) is 103 cm³/mol. The molecule has 0 amide bonds. The number of carbonyl (C=O) groups is 2. The second-order valence-corrected chi connectivity index (χ2v) is 6.00. The summed E-state index contributed by atoms with van der Waals surface area (Å²) in [5.74, 6) is -1.91. The number of halogens is 3. The smallest absolute Gasteiger partial charge is 0.344 e. The van der Waals surface area contributed by atoms with E-state index in [0.717, 1.165) is 5.56 Å². The molecule has 2 aromatic carbocycles. The number of carboxylic acid groups (broad SMARTS) is 1. The van der Waals surface area contributed by atoms with Crippen molar-refractivity contribution in [3.8, 4) is 5.75 Å². The minimum Gasteiger partial charge on any atom is -0.481 e. The van der Waals surface area contributed by atoms with Crippen LogP contribution in [-0.2, 0) is 9.59 Å². The number of aliphatic carboxylic acids is 1. The average Bonchev–Trinajstić information content (AvgIpc) is 2.71. The van der Waals surface area contributed by atoms with Crippen LogP contribution in [0.5, 0.6) is 5.75 Å². The number of carbonyl (C=O) groups excluding carboxylic acids is 1. The van der Waals surface area contributed by atoms with E-state index >= 15 is 0 Å². The van der Waals surface area contributed by atoms with Crippen molar-refractivity contribution in [1.82, 2.24) is 0 Å². The molecule has 4 nitrogen and oxygen atoms in total. The number of hydrogen-bond acceptors (Lipinski definition) is 3. The van der Waals surface area contributed by atoms with E-state index in [0.29, 0.717) is 11.1 Å². The number of carboxylic acids is 1. The number of hydrogen-bond donors (Lipinski definition) is 1. The molecule has 2 aromatic rings. The van der Waals surface area contributed by atoms with Gasteiger partial charge in [0.15, 0.2) is 5.78 Å². The fourth-order valence-electron chi connectivity index (χ4n) is 2.24. The van der Waals surface area contributed by atoms with Crippen LogP contribution in [0.25, 0.3) is 12.2 Å². The molecule has 0 fully saturated rings. The summed E-state index contributed by atoms with van der Waals surface area (Å²) < 4.78 is 41.0. The summed E-state index contributed by atoms with van der Waals surface area (Å²) in [6.07, 6.45) is 3.23. The molecule has 0 saturated carbocycles. The zero-order chi connectivity index (χ0) is 21.4. The van der Waals surface area contributed by atoms with Crippen molar-refractivity contribution in [1.29, 1.82) is 0 Å². The van der Waals surface area contributed by atoms with Crippen LogP contribution >= 0.6 is 0 Å². The zero-order valence-corrected chi connectivity index (χ0v) is 15.3. The molecule has 0 aliphatic rings. The Hall–Kier alpha value is -3.61. The summed E-state index contributed by atoms with van der Waals surface area (Å²) in [6.45, 7) is 1.59. The van der Waals surface area contributed by atoms with Crippen LogP contribution in [0.15, 0.2) is 72.8 Å². The Morgan fingerprint density at radius 1 is 0.897 bits per heavy atom. The van der Waals surface area contributed by atoms with Gasteiger partial charge >= 0.3 is 18.1 Å². The van der Waals surface area contributed by atoms with E-state index in [-0.39, 0.29) is 11.5 Å². The Bertz CT molecular complexity index is 955. The quantitative estimate of drug-likeness (QED) is 0.462. The summed E-state index contributed by atoms with van der Waals surface area (Å²) in [4.78, 5) is 22.9. The molecule has 0 heterocycles. The lowest BCUT2D eigenvalue weighted by atomic mass is 10.00. The maximum Gasteiger partial charge on any atom is 0.344 e. The minimum absolute atomic E-state index is 0.0978. The highest BCUT2D eigenvalue weighted by molar-refractivity contribution is 6.04. The maximum absolute atomic E-state index is 12.7. The fraction of sp³-hybridized carbons (Fsp3) is 0.0909. The molecule has 0 aliphatic carbocycles. The molecule has 2 rings (SSSR count). The molecule has 7 heteroatoms. The molecule has 0 radical (unpaired) electrons. The molecular formula is C22H17F3O4. The third-order valence-electron chi connectivity index (χ3n) is 3.92. The van der Waals surface area contributed by atoms with Gasteiger partial charge in [-0.15, -0.1) is 0 Å². The molecular weight excluding hydrogens is 385 g/mol. The molecule has 0 spiro atoms. The second kappa shape index (κ2) is 10.1. The van der Waals surface area contributed by atoms with Crippen molar-refractivity contribution in [2.75, 3.05) is 0 Å². The fourth-order valence-corrected chi connectivity index (χ4v) is 2.24. The van der Waals surface area contributed by atoms with Gasteiger partial charge in [0.25, 0.3) is 0 Å². The molecule has 0 bridgehead atoms. The highest BCUT2D eigenvalue weighted by Crippen LogP contribution is 2.19. The number of ketones is 1. The van der Waals surface area contributed by atoms with E-state index in [1.54, 1.807) is 37.3 Å². The second-order valence-electron chi connectivity index (χ2n) is 6.00. The Balaban J connectivity index is 1.95. The number of rotatable bonds is 8. The van der Waals surface area contributed by atoms with E-state index in [1.165, 1.54) is 42.5 Å². The summed E-state index contributed by atoms with van der Waals surface area (Å²) in [6, 6.07) is 10.4. The Morgan fingerprint density at radius 3 is 1.83 bits per heavy atom. The zero-order valence-electron chi connectivity index (χ0n) is 15.3. The molecule has 150 valence electrons. The number of allylic oxidation sites excluding steroid dienone is 2. The van der Waals surface area contributed by atoms with Crippen molar-refractivity contribution >= 4 is 23.9 Å². The lowest BCUT2D eigenvalue weighted by Gasteiger charge is -2.06. The first kappa shape index (κ1) is 21.7. The van der Waals surface area contributed by atoms with Gasteiger partial charge in [0.1, 0.15) is 5.75 Å². The Morgan fingerprint density at radius 2 is 1.38 bits per heavy atom. The van der Waals surface area contributed by atoms with Gasteiger partial charge in [-0.2, -0.15) is 13.2 Å². The van der Waals surface area contributed by atoms with Gasteiger partial charge in [0, 0.05) is 0 Å². The van der Waals surface area contributed by atoms with Crippen molar-refractivity contribution in [2.24, 2.45) is 0 Å². The summed E-state index contributed by atoms with van der Waals surface area (Å²) in [5, 5.41) is 8.99. The number of benzene rings is 2. The standard InChI is InChI=1S/C22H17F3O4/c1-14(22(27)28)17-8-2-15(3-9-17)4-10-18(26)11-5-16-6-12-19(13-7-16)29-21(25)20(23)24/h2-14H,1H3,(H,27,28)/b10-4+,11-5+. The highest BCUT2D eigenvalue weighted by Gasteiger charge is 2.12. The third kappa shape index (κ3) is 6.80. The lowest BCUT2D eigenvalue weighted by molar-refractivity contribution is -0.138. The van der Waals surface area contributed by atoms with Gasteiger partial charge in [0.2, 0.25) is 0 Å². The van der Waals surface area contributed by atoms with Gasteiger partial charge in [0.05, 0.1) is 5.92 Å². The van der Waals surface area contributed by atoms with E-state index in [2.05, 4.69) is 4.74 Å². The lowest BCUT2D eigenvalue weighted by Crippen LogP contribution is -2.06. The molecule has 0 aromatic heterocycles. The van der Waals surface area contributed by atoms with Crippen molar-refractivity contribution in [3.05, 3.63) is 89.5 Å². The Kier molecular flexibility index (Phi) is 7.54. The first-order valence-corrected chi connectivity index (χ1v) is 8.48. The van der Waals surface area contributed by atoms with Crippen molar-refractivity contribution < 1.29 is 32.6 Å². The molecule has 1 unspecified atom stereocenters. The summed E-state index contributed by atoms with van der Waals surface area (Å²) in [7, 11) is 0. The minimum atomic E-state index is -2.54. The van der Waals surface area contributed by atoms with Crippen LogP contribution in [0.3, 0.4) is 0 Å². The van der Waals surface area contributed by atoms with E-state index < -0.39 is 24.0 Å². The topological polar surface area (TPSA) is 63.6 Å². The first-order valence-electron chi connectivity index (χ1n) is 8.48. The Labute approximate surface area is 165 Å². The molecule has 1 atom stereocenters. The van der Waals surface area contributed by atoms with Crippen LogP contribution < -0.4 is 4.74 Å². The molecule has 29 heavy (non-hydrogen) atoms.